The minimum Gasteiger partial charge on any atom is -0.308 e. The molecule has 9 rings (SSSR count). The molecule has 0 bridgehead atoms. The van der Waals surface area contributed by atoms with Crippen molar-refractivity contribution in [1.29, 1.82) is 0 Å². The van der Waals surface area contributed by atoms with Crippen molar-refractivity contribution in [2.75, 3.05) is 0 Å². The molecule has 0 aliphatic carbocycles. The molecule has 2 heterocycles. The summed E-state index contributed by atoms with van der Waals surface area (Å²) in [7, 11) is 0. The first-order chi connectivity index (χ1) is 21.3. The third-order valence-electron chi connectivity index (χ3n) is 8.86. The van der Waals surface area contributed by atoms with Crippen LogP contribution in [0.4, 0.5) is 0 Å². The second kappa shape index (κ2) is 9.40. The third-order valence-corrected chi connectivity index (χ3v) is 8.86. The van der Waals surface area contributed by atoms with Crippen molar-refractivity contribution in [1.82, 2.24) is 9.55 Å². The second-order valence-corrected chi connectivity index (χ2v) is 11.2. The van der Waals surface area contributed by atoms with Crippen LogP contribution in [0.15, 0.2) is 158 Å². The molecule has 0 fully saturated rings. The minimum atomic E-state index is 1.06. The van der Waals surface area contributed by atoms with E-state index in [9.17, 15) is 0 Å². The summed E-state index contributed by atoms with van der Waals surface area (Å²) in [6, 6.07) is 52.7. The SMILES string of the molecule is c1ccc2c(c1)c1ccccc1c1cc(-c3ccc(-c4cncc(-n5c6ccccc6c6ccccc65)c4)cc3)ccc21. The summed E-state index contributed by atoms with van der Waals surface area (Å²) >= 11 is 0. The molecule has 0 aliphatic heterocycles. The summed E-state index contributed by atoms with van der Waals surface area (Å²) in [5, 5.41) is 10.3. The molecule has 2 aromatic heterocycles. The van der Waals surface area contributed by atoms with Crippen LogP contribution in [0.2, 0.25) is 0 Å². The Hall–Kier alpha value is -5.73. The topological polar surface area (TPSA) is 17.8 Å². The monoisotopic (exact) mass is 546 g/mol. The van der Waals surface area contributed by atoms with Gasteiger partial charge in [-0.05, 0) is 73.3 Å². The highest BCUT2D eigenvalue weighted by atomic mass is 15.0. The lowest BCUT2D eigenvalue weighted by atomic mass is 9.92. The molecule has 0 spiro atoms. The molecule has 200 valence electrons. The quantitative estimate of drug-likeness (QED) is 0.202. The highest BCUT2D eigenvalue weighted by Crippen LogP contribution is 2.38. The van der Waals surface area contributed by atoms with E-state index in [1.807, 2.05) is 12.4 Å². The first kappa shape index (κ1) is 23.9. The van der Waals surface area contributed by atoms with Crippen LogP contribution < -0.4 is 0 Å². The number of hydrogen-bond acceptors (Lipinski definition) is 1. The van der Waals surface area contributed by atoms with Crippen LogP contribution in [0, 0.1) is 0 Å². The summed E-state index contributed by atoms with van der Waals surface area (Å²) < 4.78 is 2.32. The molecule has 0 saturated carbocycles. The van der Waals surface area contributed by atoms with Gasteiger partial charge in [-0.15, -0.1) is 0 Å². The van der Waals surface area contributed by atoms with Crippen LogP contribution >= 0.6 is 0 Å². The van der Waals surface area contributed by atoms with Crippen LogP contribution in [-0.2, 0) is 0 Å². The first-order valence-electron chi connectivity index (χ1n) is 14.7. The van der Waals surface area contributed by atoms with Crippen LogP contribution in [-0.4, -0.2) is 9.55 Å². The van der Waals surface area contributed by atoms with E-state index in [2.05, 4.69) is 155 Å². The highest BCUT2D eigenvalue weighted by molar-refractivity contribution is 6.25. The molecule has 0 atom stereocenters. The smallest absolute Gasteiger partial charge is 0.0651 e. The van der Waals surface area contributed by atoms with Gasteiger partial charge in [-0.1, -0.05) is 121 Å². The molecule has 2 nitrogen and oxygen atoms in total. The molecule has 2 heteroatoms. The van der Waals surface area contributed by atoms with E-state index >= 15 is 0 Å². The van der Waals surface area contributed by atoms with Crippen molar-refractivity contribution in [2.45, 2.75) is 0 Å². The lowest BCUT2D eigenvalue weighted by molar-refractivity contribution is 1.14. The molecule has 0 radical (unpaired) electrons. The van der Waals surface area contributed by atoms with E-state index in [4.69, 9.17) is 0 Å². The van der Waals surface area contributed by atoms with Gasteiger partial charge in [0.15, 0.2) is 0 Å². The van der Waals surface area contributed by atoms with Gasteiger partial charge in [0.05, 0.1) is 22.9 Å². The van der Waals surface area contributed by atoms with Gasteiger partial charge < -0.3 is 4.57 Å². The van der Waals surface area contributed by atoms with Gasteiger partial charge in [-0.25, -0.2) is 0 Å². The van der Waals surface area contributed by atoms with E-state index in [0.29, 0.717) is 0 Å². The van der Waals surface area contributed by atoms with Crippen molar-refractivity contribution in [3.63, 3.8) is 0 Å². The number of nitrogens with zero attached hydrogens (tertiary/aromatic N) is 2. The van der Waals surface area contributed by atoms with Gasteiger partial charge in [-0.2, -0.15) is 0 Å². The van der Waals surface area contributed by atoms with Crippen molar-refractivity contribution >= 4 is 54.1 Å². The lowest BCUT2D eigenvalue weighted by Crippen LogP contribution is -1.95. The third kappa shape index (κ3) is 3.70. The standard InChI is InChI=1S/C41H26N2/c1-2-11-34-32(9-1)33-10-3-4-12-35(33)39-24-29(21-22-36(34)39)27-17-19-28(20-18-27)30-23-31(26-42-25-30)43-40-15-7-5-13-37(40)38-14-6-8-16-41(38)43/h1-26H. The van der Waals surface area contributed by atoms with Crippen LogP contribution in [0.3, 0.4) is 0 Å². The molecule has 0 amide bonds. The van der Waals surface area contributed by atoms with Crippen molar-refractivity contribution < 1.29 is 0 Å². The first-order valence-corrected chi connectivity index (χ1v) is 14.7. The molecule has 0 unspecified atom stereocenters. The maximum Gasteiger partial charge on any atom is 0.0651 e. The Labute approximate surface area is 249 Å². The number of aromatic nitrogens is 2. The number of fused-ring (bicyclic) bond motifs is 9. The largest absolute Gasteiger partial charge is 0.308 e. The molecule has 0 aliphatic rings. The summed E-state index contributed by atoms with van der Waals surface area (Å²) in [6.07, 6.45) is 3.92. The number of pyridine rings is 1. The maximum absolute atomic E-state index is 4.68. The summed E-state index contributed by atoms with van der Waals surface area (Å²) in [5.74, 6) is 0. The lowest BCUT2D eigenvalue weighted by Gasteiger charge is -2.12. The Morgan fingerprint density at radius 2 is 0.767 bits per heavy atom. The van der Waals surface area contributed by atoms with E-state index in [0.717, 1.165) is 16.8 Å². The maximum atomic E-state index is 4.68. The highest BCUT2D eigenvalue weighted by Gasteiger charge is 2.13. The molecule has 7 aromatic carbocycles. The molecule has 0 saturated heterocycles. The van der Waals surface area contributed by atoms with Gasteiger partial charge in [0.1, 0.15) is 0 Å². The van der Waals surface area contributed by atoms with Crippen LogP contribution in [0.5, 0.6) is 0 Å². The Morgan fingerprint density at radius 1 is 0.326 bits per heavy atom. The predicted molar refractivity (Wildman–Crippen MR) is 182 cm³/mol. The van der Waals surface area contributed by atoms with Gasteiger partial charge in [0, 0.05) is 22.5 Å². The number of hydrogen-bond donors (Lipinski definition) is 0. The molecular formula is C41H26N2. The zero-order valence-electron chi connectivity index (χ0n) is 23.4. The molecular weight excluding hydrogens is 520 g/mol. The molecule has 0 N–H and O–H groups in total. The number of benzene rings is 7. The predicted octanol–water partition coefficient (Wildman–Crippen LogP) is 11.0. The van der Waals surface area contributed by atoms with Crippen molar-refractivity contribution in [3.05, 3.63) is 158 Å². The molecule has 43 heavy (non-hydrogen) atoms. The number of para-hydroxylation sites is 2. The van der Waals surface area contributed by atoms with Crippen molar-refractivity contribution in [3.8, 4) is 27.9 Å². The summed E-state index contributed by atoms with van der Waals surface area (Å²) in [6.45, 7) is 0. The normalized spacial score (nSPS) is 11.7. The average Bonchev–Trinajstić information content (AvgIpc) is 3.43. The zero-order valence-corrected chi connectivity index (χ0v) is 23.4. The van der Waals surface area contributed by atoms with E-state index in [1.54, 1.807) is 0 Å². The fourth-order valence-electron chi connectivity index (χ4n) is 6.85. The van der Waals surface area contributed by atoms with Gasteiger partial charge >= 0.3 is 0 Å². The Morgan fingerprint density at radius 3 is 1.35 bits per heavy atom. The minimum absolute atomic E-state index is 1.06. The van der Waals surface area contributed by atoms with Gasteiger partial charge in [0.25, 0.3) is 0 Å². The Bertz CT molecular complexity index is 2410. The second-order valence-electron chi connectivity index (χ2n) is 11.2. The summed E-state index contributed by atoms with van der Waals surface area (Å²) in [5.41, 5.74) is 8.11. The summed E-state index contributed by atoms with van der Waals surface area (Å²) in [4.78, 5) is 4.68. The Balaban J connectivity index is 1.13. The van der Waals surface area contributed by atoms with E-state index < -0.39 is 0 Å². The molecule has 9 aromatic rings. The van der Waals surface area contributed by atoms with Crippen molar-refractivity contribution in [2.24, 2.45) is 0 Å². The van der Waals surface area contributed by atoms with E-state index in [1.165, 1.54) is 65.3 Å². The number of rotatable bonds is 3. The zero-order chi connectivity index (χ0) is 28.3. The average molecular weight is 547 g/mol. The Kier molecular flexibility index (Phi) is 5.23. The fraction of sp³-hybridized carbons (Fsp3) is 0. The fourth-order valence-corrected chi connectivity index (χ4v) is 6.85. The van der Waals surface area contributed by atoms with Gasteiger partial charge in [-0.3, -0.25) is 4.98 Å². The van der Waals surface area contributed by atoms with Gasteiger partial charge in [0.2, 0.25) is 0 Å². The van der Waals surface area contributed by atoms with Crippen LogP contribution in [0.1, 0.15) is 0 Å². The van der Waals surface area contributed by atoms with E-state index in [-0.39, 0.29) is 0 Å². The van der Waals surface area contributed by atoms with Crippen LogP contribution in [0.25, 0.3) is 82.1 Å².